The van der Waals surface area contributed by atoms with Crippen molar-refractivity contribution in [1.82, 2.24) is 10.2 Å². The first-order valence-corrected chi connectivity index (χ1v) is 6.30. The van der Waals surface area contributed by atoms with E-state index >= 15 is 0 Å². The van der Waals surface area contributed by atoms with Gasteiger partial charge in [0.05, 0.1) is 11.1 Å². The quantitative estimate of drug-likeness (QED) is 0.635. The Bertz CT molecular complexity index is 434. The number of hydrogen-bond donors (Lipinski definition) is 1. The molecule has 0 radical (unpaired) electrons. The highest BCUT2D eigenvalue weighted by Gasteiger charge is 2.34. The van der Waals surface area contributed by atoms with Crippen LogP contribution in [0.1, 0.15) is 41.0 Å². The molecule has 0 fully saturated rings. The van der Waals surface area contributed by atoms with Gasteiger partial charge < -0.3 is 5.32 Å². The molecule has 0 saturated carbocycles. The second kappa shape index (κ2) is 5.31. The molecule has 0 saturated heterocycles. The molecule has 0 aromatic heterocycles. The van der Waals surface area contributed by atoms with E-state index in [-0.39, 0.29) is 11.8 Å². The Balaban J connectivity index is 1.97. The highest BCUT2D eigenvalue weighted by atomic mass is 16.2. The lowest BCUT2D eigenvalue weighted by atomic mass is 10.1. The number of amides is 2. The number of nitrogens with one attached hydrogen (secondary N) is 1. The molecular weight excluding hydrogens is 228 g/mol. The lowest BCUT2D eigenvalue weighted by Gasteiger charge is -2.14. The van der Waals surface area contributed by atoms with Crippen molar-refractivity contribution in [2.24, 2.45) is 0 Å². The number of rotatable bonds is 5. The zero-order valence-electron chi connectivity index (χ0n) is 10.8. The van der Waals surface area contributed by atoms with Crippen LogP contribution in [0.15, 0.2) is 24.3 Å². The highest BCUT2D eigenvalue weighted by molar-refractivity contribution is 6.21. The number of fused-ring (bicyclic) bond motifs is 1. The molecule has 1 heterocycles. The Morgan fingerprint density at radius 2 is 1.67 bits per heavy atom. The van der Waals surface area contributed by atoms with E-state index in [2.05, 4.69) is 19.2 Å². The summed E-state index contributed by atoms with van der Waals surface area (Å²) in [4.78, 5) is 25.4. The lowest BCUT2D eigenvalue weighted by molar-refractivity contribution is 0.0652. The summed E-state index contributed by atoms with van der Waals surface area (Å²) < 4.78 is 0. The van der Waals surface area contributed by atoms with Crippen LogP contribution in [-0.4, -0.2) is 35.8 Å². The van der Waals surface area contributed by atoms with Gasteiger partial charge in [0.1, 0.15) is 0 Å². The number of carbonyl (C=O) groups is 2. The number of carbonyl (C=O) groups excluding carboxylic acids is 2. The smallest absolute Gasteiger partial charge is 0.261 e. The van der Waals surface area contributed by atoms with Crippen molar-refractivity contribution in [3.63, 3.8) is 0 Å². The molecule has 2 amide bonds. The van der Waals surface area contributed by atoms with Crippen molar-refractivity contribution < 1.29 is 9.59 Å². The molecule has 18 heavy (non-hydrogen) atoms. The molecule has 96 valence electrons. The summed E-state index contributed by atoms with van der Waals surface area (Å²) in [6, 6.07) is 7.41. The maximum atomic E-state index is 12.0. The Labute approximate surface area is 107 Å². The number of imide groups is 1. The van der Waals surface area contributed by atoms with Gasteiger partial charge in [-0.1, -0.05) is 26.0 Å². The van der Waals surface area contributed by atoms with Crippen LogP contribution in [0.4, 0.5) is 0 Å². The Morgan fingerprint density at radius 3 is 2.17 bits per heavy atom. The fraction of sp³-hybridized carbons (Fsp3) is 0.429. The summed E-state index contributed by atoms with van der Waals surface area (Å²) in [5.74, 6) is -0.333. The normalized spacial score (nSPS) is 14.5. The van der Waals surface area contributed by atoms with Crippen LogP contribution < -0.4 is 5.32 Å². The van der Waals surface area contributed by atoms with E-state index in [1.165, 1.54) is 4.90 Å². The minimum atomic E-state index is -0.167. The molecule has 0 bridgehead atoms. The second-order valence-electron chi connectivity index (χ2n) is 4.77. The average molecular weight is 246 g/mol. The van der Waals surface area contributed by atoms with Crippen molar-refractivity contribution in [1.29, 1.82) is 0 Å². The van der Waals surface area contributed by atoms with Gasteiger partial charge in [-0.3, -0.25) is 14.5 Å². The standard InChI is InChI=1S/C14H18N2O2/c1-10(2)15-8-5-9-16-13(17)11-6-3-4-7-12(11)14(16)18/h3-4,6-7,10,15H,5,8-9H2,1-2H3. The maximum Gasteiger partial charge on any atom is 0.261 e. The molecule has 1 aliphatic heterocycles. The van der Waals surface area contributed by atoms with Crippen LogP contribution in [0.5, 0.6) is 0 Å². The summed E-state index contributed by atoms with van der Waals surface area (Å²) >= 11 is 0. The van der Waals surface area contributed by atoms with Crippen LogP contribution >= 0.6 is 0 Å². The molecule has 1 aromatic carbocycles. The average Bonchev–Trinajstić information content (AvgIpc) is 2.59. The zero-order valence-corrected chi connectivity index (χ0v) is 10.8. The first-order chi connectivity index (χ1) is 8.61. The Morgan fingerprint density at radius 1 is 1.11 bits per heavy atom. The van der Waals surface area contributed by atoms with Crippen molar-refractivity contribution >= 4 is 11.8 Å². The lowest BCUT2D eigenvalue weighted by Crippen LogP contribution is -2.33. The predicted octanol–water partition coefficient (Wildman–Crippen LogP) is 1.67. The minimum absolute atomic E-state index is 0.167. The molecule has 4 nitrogen and oxygen atoms in total. The van der Waals surface area contributed by atoms with Crippen molar-refractivity contribution in [3.05, 3.63) is 35.4 Å². The molecule has 0 aliphatic carbocycles. The van der Waals surface area contributed by atoms with Crippen LogP contribution in [0.3, 0.4) is 0 Å². The zero-order chi connectivity index (χ0) is 13.1. The summed E-state index contributed by atoms with van der Waals surface area (Å²) in [5, 5.41) is 3.27. The first-order valence-electron chi connectivity index (χ1n) is 6.30. The van der Waals surface area contributed by atoms with Gasteiger partial charge in [0.15, 0.2) is 0 Å². The Kier molecular flexibility index (Phi) is 3.77. The van der Waals surface area contributed by atoms with Crippen LogP contribution in [-0.2, 0) is 0 Å². The van der Waals surface area contributed by atoms with Crippen LogP contribution in [0, 0.1) is 0 Å². The fourth-order valence-electron chi connectivity index (χ4n) is 2.07. The number of benzene rings is 1. The maximum absolute atomic E-state index is 12.0. The molecule has 2 rings (SSSR count). The minimum Gasteiger partial charge on any atom is -0.314 e. The van der Waals surface area contributed by atoms with E-state index in [1.807, 2.05) is 0 Å². The van der Waals surface area contributed by atoms with E-state index in [1.54, 1.807) is 24.3 Å². The fourth-order valence-corrected chi connectivity index (χ4v) is 2.07. The third-order valence-corrected chi connectivity index (χ3v) is 2.99. The molecule has 0 unspecified atom stereocenters. The summed E-state index contributed by atoms with van der Waals surface area (Å²) in [7, 11) is 0. The van der Waals surface area contributed by atoms with Gasteiger partial charge in [0, 0.05) is 12.6 Å². The van der Waals surface area contributed by atoms with Gasteiger partial charge in [-0.25, -0.2) is 0 Å². The largest absolute Gasteiger partial charge is 0.314 e. The van der Waals surface area contributed by atoms with Crippen molar-refractivity contribution in [2.75, 3.05) is 13.1 Å². The molecule has 0 atom stereocenters. The molecule has 1 aliphatic rings. The first kappa shape index (κ1) is 12.8. The van der Waals surface area contributed by atoms with E-state index in [4.69, 9.17) is 0 Å². The second-order valence-corrected chi connectivity index (χ2v) is 4.77. The van der Waals surface area contributed by atoms with Gasteiger partial charge in [-0.15, -0.1) is 0 Å². The van der Waals surface area contributed by atoms with E-state index < -0.39 is 0 Å². The van der Waals surface area contributed by atoms with Crippen LogP contribution in [0.2, 0.25) is 0 Å². The van der Waals surface area contributed by atoms with E-state index in [9.17, 15) is 9.59 Å². The van der Waals surface area contributed by atoms with Crippen LogP contribution in [0.25, 0.3) is 0 Å². The monoisotopic (exact) mass is 246 g/mol. The third kappa shape index (κ3) is 2.43. The molecule has 1 N–H and O–H groups in total. The SMILES string of the molecule is CC(C)NCCCN1C(=O)c2ccccc2C1=O. The number of hydrogen-bond acceptors (Lipinski definition) is 3. The van der Waals surface area contributed by atoms with E-state index in [0.29, 0.717) is 23.7 Å². The highest BCUT2D eigenvalue weighted by Crippen LogP contribution is 2.22. The summed E-state index contributed by atoms with van der Waals surface area (Å²) in [6.45, 7) is 5.43. The van der Waals surface area contributed by atoms with Crippen molar-refractivity contribution in [3.8, 4) is 0 Å². The molecule has 1 aromatic rings. The summed E-state index contributed by atoms with van der Waals surface area (Å²) in [6.07, 6.45) is 0.781. The molecule has 4 heteroatoms. The summed E-state index contributed by atoms with van der Waals surface area (Å²) in [5.41, 5.74) is 1.05. The van der Waals surface area contributed by atoms with Gasteiger partial charge in [-0.2, -0.15) is 0 Å². The van der Waals surface area contributed by atoms with Gasteiger partial charge in [0.2, 0.25) is 0 Å². The van der Waals surface area contributed by atoms with Gasteiger partial charge in [-0.05, 0) is 25.1 Å². The van der Waals surface area contributed by atoms with Gasteiger partial charge >= 0.3 is 0 Å². The number of nitrogens with zero attached hydrogens (tertiary/aromatic N) is 1. The van der Waals surface area contributed by atoms with Crippen molar-refractivity contribution in [2.45, 2.75) is 26.3 Å². The predicted molar refractivity (Wildman–Crippen MR) is 69.6 cm³/mol. The molecular formula is C14H18N2O2. The third-order valence-electron chi connectivity index (χ3n) is 2.99. The Hall–Kier alpha value is -1.68. The van der Waals surface area contributed by atoms with E-state index in [0.717, 1.165) is 13.0 Å². The van der Waals surface area contributed by atoms with Gasteiger partial charge in [0.25, 0.3) is 11.8 Å². The molecule has 0 spiro atoms. The topological polar surface area (TPSA) is 49.4 Å².